The number of hydrogen-bond acceptors (Lipinski definition) is 7. The third kappa shape index (κ3) is 5.88. The summed E-state index contributed by atoms with van der Waals surface area (Å²) in [6, 6.07) is 9.63. The van der Waals surface area contributed by atoms with Crippen LogP contribution in [0.5, 0.6) is 5.75 Å². The van der Waals surface area contributed by atoms with E-state index in [1.807, 2.05) is 0 Å². The zero-order valence-corrected chi connectivity index (χ0v) is 19.9. The first kappa shape index (κ1) is 25.1. The zero-order valence-electron chi connectivity index (χ0n) is 18.4. The fraction of sp³-hybridized carbons (Fsp3) is 0.348. The van der Waals surface area contributed by atoms with Gasteiger partial charge in [-0.25, -0.2) is 4.79 Å². The molecule has 2 aromatic carbocycles. The van der Waals surface area contributed by atoms with E-state index in [0.717, 1.165) is 0 Å². The maximum atomic E-state index is 12.8. The van der Waals surface area contributed by atoms with Crippen LogP contribution in [-0.2, 0) is 20.7 Å². The quantitative estimate of drug-likeness (QED) is 0.268. The SMILES string of the molecule is CC(C)(C)C(=O)OCOC(=O)c1cccc2c1OB(O)[C@@H](CC(=O)c1c(Cl)cccc1Cl)C2. The van der Waals surface area contributed by atoms with Gasteiger partial charge in [-0.2, -0.15) is 0 Å². The van der Waals surface area contributed by atoms with Crippen LogP contribution in [0.1, 0.15) is 53.5 Å². The number of Topliss-reactive ketones (excluding diaryl/α,β-unsaturated/α-hetero) is 1. The Morgan fingerprint density at radius 1 is 1.09 bits per heavy atom. The number of hydrogen-bond donors (Lipinski definition) is 1. The molecule has 0 spiro atoms. The van der Waals surface area contributed by atoms with E-state index in [2.05, 4.69) is 0 Å². The smallest absolute Gasteiger partial charge is 0.526 e. The first-order valence-electron chi connectivity index (χ1n) is 10.3. The molecule has 0 aliphatic carbocycles. The standard InChI is InChI=1S/C23H23BCl2O7/c1-23(2,3)22(29)32-12-31-21(28)15-7-4-6-13-10-14(24(30)33-20(13)15)11-18(27)19-16(25)8-5-9-17(19)26/h4-9,14,30H,10-12H2,1-3H3/t14-/m1/s1. The van der Waals surface area contributed by atoms with Crippen LogP contribution in [0.3, 0.4) is 0 Å². The van der Waals surface area contributed by atoms with E-state index in [1.54, 1.807) is 51.1 Å². The van der Waals surface area contributed by atoms with E-state index in [9.17, 15) is 19.4 Å². The lowest BCUT2D eigenvalue weighted by molar-refractivity contribution is -0.161. The minimum absolute atomic E-state index is 0.0541. The van der Waals surface area contributed by atoms with Crippen molar-refractivity contribution in [3.05, 3.63) is 63.1 Å². The Labute approximate surface area is 202 Å². The van der Waals surface area contributed by atoms with Crippen molar-refractivity contribution in [3.8, 4) is 5.75 Å². The number of carbonyl (C=O) groups is 3. The summed E-state index contributed by atoms with van der Waals surface area (Å²) >= 11 is 12.2. The Balaban J connectivity index is 1.70. The highest BCUT2D eigenvalue weighted by molar-refractivity contribution is 6.47. The van der Waals surface area contributed by atoms with E-state index in [4.69, 9.17) is 37.3 Å². The number of para-hydroxylation sites is 1. The van der Waals surface area contributed by atoms with E-state index < -0.39 is 37.1 Å². The molecule has 1 aliphatic rings. The molecular weight excluding hydrogens is 470 g/mol. The lowest BCUT2D eigenvalue weighted by atomic mass is 9.64. The lowest BCUT2D eigenvalue weighted by Crippen LogP contribution is -2.36. The van der Waals surface area contributed by atoms with Gasteiger partial charge in [0.1, 0.15) is 11.3 Å². The molecule has 7 nitrogen and oxygen atoms in total. The van der Waals surface area contributed by atoms with Crippen LogP contribution in [0.2, 0.25) is 15.9 Å². The summed E-state index contributed by atoms with van der Waals surface area (Å²) in [5.41, 5.74) is 0.175. The van der Waals surface area contributed by atoms with Crippen molar-refractivity contribution in [3.63, 3.8) is 0 Å². The Morgan fingerprint density at radius 3 is 2.36 bits per heavy atom. The summed E-state index contributed by atoms with van der Waals surface area (Å²) in [6.45, 7) is 4.50. The second kappa shape index (κ2) is 10.2. The Hall–Kier alpha value is -2.55. The summed E-state index contributed by atoms with van der Waals surface area (Å²) in [4.78, 5) is 37.1. The average molecular weight is 493 g/mol. The van der Waals surface area contributed by atoms with Crippen LogP contribution in [0.4, 0.5) is 0 Å². The van der Waals surface area contributed by atoms with Gasteiger partial charge in [0.05, 0.1) is 21.0 Å². The second-order valence-electron chi connectivity index (χ2n) is 8.72. The number of ether oxygens (including phenoxy) is 2. The van der Waals surface area contributed by atoms with Crippen molar-refractivity contribution in [1.29, 1.82) is 0 Å². The fourth-order valence-electron chi connectivity index (χ4n) is 3.35. The summed E-state index contributed by atoms with van der Waals surface area (Å²) in [5.74, 6) is -2.01. The zero-order chi connectivity index (χ0) is 24.3. The molecule has 0 aromatic heterocycles. The maximum absolute atomic E-state index is 12.8. The van der Waals surface area contributed by atoms with E-state index in [1.165, 1.54) is 6.07 Å². The molecule has 0 radical (unpaired) electrons. The van der Waals surface area contributed by atoms with Gasteiger partial charge in [-0.3, -0.25) is 9.59 Å². The highest BCUT2D eigenvalue weighted by Crippen LogP contribution is 2.38. The minimum Gasteiger partial charge on any atom is -0.535 e. The number of fused-ring (bicyclic) bond motifs is 1. The molecule has 1 atom stereocenters. The second-order valence-corrected chi connectivity index (χ2v) is 9.54. The van der Waals surface area contributed by atoms with Crippen molar-refractivity contribution in [2.75, 3.05) is 6.79 Å². The van der Waals surface area contributed by atoms with Crippen LogP contribution < -0.4 is 4.65 Å². The molecule has 3 rings (SSSR count). The molecule has 0 saturated carbocycles. The van der Waals surface area contributed by atoms with Gasteiger partial charge in [-0.05, 0) is 51.0 Å². The Morgan fingerprint density at radius 2 is 1.73 bits per heavy atom. The highest BCUT2D eigenvalue weighted by atomic mass is 35.5. The largest absolute Gasteiger partial charge is 0.535 e. The van der Waals surface area contributed by atoms with Gasteiger partial charge in [0.2, 0.25) is 6.79 Å². The molecule has 0 saturated heterocycles. The van der Waals surface area contributed by atoms with Crippen LogP contribution in [0.25, 0.3) is 0 Å². The predicted octanol–water partition coefficient (Wildman–Crippen LogP) is 4.76. The van der Waals surface area contributed by atoms with Crippen LogP contribution >= 0.6 is 23.2 Å². The van der Waals surface area contributed by atoms with Crippen LogP contribution in [0.15, 0.2) is 36.4 Å². The van der Waals surface area contributed by atoms with Crippen LogP contribution in [-0.4, -0.2) is 36.7 Å². The van der Waals surface area contributed by atoms with Gasteiger partial charge in [0.25, 0.3) is 0 Å². The Kier molecular flexibility index (Phi) is 7.72. The molecule has 2 aromatic rings. The van der Waals surface area contributed by atoms with Gasteiger partial charge < -0.3 is 19.2 Å². The molecule has 1 heterocycles. The van der Waals surface area contributed by atoms with Gasteiger partial charge in [-0.1, -0.05) is 41.4 Å². The number of esters is 2. The molecule has 0 unspecified atom stereocenters. The van der Waals surface area contributed by atoms with Crippen molar-refractivity contribution in [2.45, 2.75) is 39.4 Å². The van der Waals surface area contributed by atoms with Crippen molar-refractivity contribution in [1.82, 2.24) is 0 Å². The first-order valence-corrected chi connectivity index (χ1v) is 11.0. The molecule has 33 heavy (non-hydrogen) atoms. The van der Waals surface area contributed by atoms with Crippen molar-refractivity contribution < 1.29 is 33.5 Å². The first-order chi connectivity index (χ1) is 15.5. The predicted molar refractivity (Wildman–Crippen MR) is 124 cm³/mol. The number of carbonyl (C=O) groups excluding carboxylic acids is 3. The normalized spacial score (nSPS) is 15.3. The molecular formula is C23H23BCl2O7. The average Bonchev–Trinajstić information content (AvgIpc) is 2.73. The summed E-state index contributed by atoms with van der Waals surface area (Å²) in [5, 5.41) is 11.0. The van der Waals surface area contributed by atoms with E-state index in [0.29, 0.717) is 5.56 Å². The van der Waals surface area contributed by atoms with Gasteiger partial charge >= 0.3 is 19.1 Å². The summed E-state index contributed by atoms with van der Waals surface area (Å²) in [6.07, 6.45) is 0.228. The lowest BCUT2D eigenvalue weighted by Gasteiger charge is -2.28. The molecule has 1 N–H and O–H groups in total. The van der Waals surface area contributed by atoms with E-state index in [-0.39, 0.29) is 45.5 Å². The molecule has 0 amide bonds. The van der Waals surface area contributed by atoms with E-state index >= 15 is 0 Å². The molecule has 1 aliphatic heterocycles. The number of ketones is 1. The summed E-state index contributed by atoms with van der Waals surface area (Å²) < 4.78 is 15.6. The van der Waals surface area contributed by atoms with Crippen molar-refractivity contribution in [2.24, 2.45) is 5.41 Å². The fourth-order valence-corrected chi connectivity index (χ4v) is 3.96. The number of benzene rings is 2. The molecule has 174 valence electrons. The van der Waals surface area contributed by atoms with Gasteiger partial charge in [0.15, 0.2) is 5.78 Å². The van der Waals surface area contributed by atoms with Gasteiger partial charge in [0, 0.05) is 12.2 Å². The number of halogens is 2. The van der Waals surface area contributed by atoms with Crippen LogP contribution in [0, 0.1) is 5.41 Å². The minimum atomic E-state index is -1.34. The highest BCUT2D eigenvalue weighted by Gasteiger charge is 2.38. The maximum Gasteiger partial charge on any atom is 0.526 e. The molecule has 10 heteroatoms. The van der Waals surface area contributed by atoms with Crippen molar-refractivity contribution >= 4 is 48.0 Å². The third-order valence-corrected chi connectivity index (χ3v) is 5.75. The third-order valence-electron chi connectivity index (χ3n) is 5.12. The monoisotopic (exact) mass is 492 g/mol. The Bertz CT molecular complexity index is 1060. The summed E-state index contributed by atoms with van der Waals surface area (Å²) in [7, 11) is -1.34. The topological polar surface area (TPSA) is 99.1 Å². The number of rotatable bonds is 6. The van der Waals surface area contributed by atoms with Gasteiger partial charge in [-0.15, -0.1) is 0 Å². The molecule has 0 bridgehead atoms. The molecule has 0 fully saturated rings.